The SMILES string of the molecule is CC(C)(C)OC(N)=O.COCCC(=O)O. The normalized spacial score (nSPS) is 9.87. The summed E-state index contributed by atoms with van der Waals surface area (Å²) >= 11 is 0. The molecule has 15 heavy (non-hydrogen) atoms. The van der Waals surface area contributed by atoms with Crippen molar-refractivity contribution < 1.29 is 24.2 Å². The minimum atomic E-state index is -0.818. The van der Waals surface area contributed by atoms with Crippen LogP contribution >= 0.6 is 0 Å². The number of amides is 1. The molecule has 0 fully saturated rings. The summed E-state index contributed by atoms with van der Waals surface area (Å²) in [5, 5.41) is 7.96. The van der Waals surface area contributed by atoms with Crippen LogP contribution in [0.5, 0.6) is 0 Å². The van der Waals surface area contributed by atoms with Gasteiger partial charge in [-0.25, -0.2) is 4.79 Å². The van der Waals surface area contributed by atoms with E-state index in [9.17, 15) is 9.59 Å². The van der Waals surface area contributed by atoms with Crippen LogP contribution in [-0.2, 0) is 14.3 Å². The lowest BCUT2D eigenvalue weighted by molar-refractivity contribution is -0.137. The fourth-order valence-electron chi connectivity index (χ4n) is 0.491. The van der Waals surface area contributed by atoms with Gasteiger partial charge in [0.2, 0.25) is 0 Å². The molecule has 0 radical (unpaired) electrons. The molecule has 6 nitrogen and oxygen atoms in total. The Balaban J connectivity index is 0. The summed E-state index contributed by atoms with van der Waals surface area (Å²) in [7, 11) is 1.48. The smallest absolute Gasteiger partial charge is 0.405 e. The lowest BCUT2D eigenvalue weighted by Crippen LogP contribution is -2.27. The Hall–Kier alpha value is -1.30. The monoisotopic (exact) mass is 221 g/mol. The van der Waals surface area contributed by atoms with Crippen molar-refractivity contribution in [3.8, 4) is 0 Å². The van der Waals surface area contributed by atoms with Crippen LogP contribution in [0.4, 0.5) is 4.79 Å². The third kappa shape index (κ3) is 24.5. The number of ether oxygens (including phenoxy) is 2. The number of carbonyl (C=O) groups is 2. The van der Waals surface area contributed by atoms with Gasteiger partial charge in [-0.05, 0) is 20.8 Å². The summed E-state index contributed by atoms with van der Waals surface area (Å²) in [6.45, 7) is 5.59. The van der Waals surface area contributed by atoms with E-state index in [0.717, 1.165) is 0 Å². The molecular formula is C9H19NO5. The Bertz CT molecular complexity index is 197. The molecule has 0 aromatic carbocycles. The molecule has 0 aromatic rings. The van der Waals surface area contributed by atoms with Crippen LogP contribution in [0, 0.1) is 0 Å². The number of primary amides is 1. The van der Waals surface area contributed by atoms with Crippen LogP contribution in [0.2, 0.25) is 0 Å². The Morgan fingerprint density at radius 1 is 1.33 bits per heavy atom. The van der Waals surface area contributed by atoms with Crippen molar-refractivity contribution in [3.05, 3.63) is 0 Å². The van der Waals surface area contributed by atoms with Gasteiger partial charge in [-0.3, -0.25) is 4.79 Å². The van der Waals surface area contributed by atoms with Gasteiger partial charge in [0.15, 0.2) is 0 Å². The Labute approximate surface area is 89.3 Å². The third-order valence-corrected chi connectivity index (χ3v) is 0.927. The number of aliphatic carboxylic acids is 1. The zero-order valence-corrected chi connectivity index (χ0v) is 9.57. The average Bonchev–Trinajstić information content (AvgIpc) is 1.96. The van der Waals surface area contributed by atoms with E-state index in [4.69, 9.17) is 10.8 Å². The van der Waals surface area contributed by atoms with Crippen molar-refractivity contribution in [2.75, 3.05) is 13.7 Å². The fourth-order valence-corrected chi connectivity index (χ4v) is 0.491. The Morgan fingerprint density at radius 2 is 1.80 bits per heavy atom. The molecule has 0 aliphatic rings. The highest BCUT2D eigenvalue weighted by Gasteiger charge is 2.12. The molecule has 90 valence electrons. The number of nitrogens with two attached hydrogens (primary N) is 1. The topological polar surface area (TPSA) is 98.9 Å². The number of hydrogen-bond donors (Lipinski definition) is 2. The molecule has 0 aromatic heterocycles. The van der Waals surface area contributed by atoms with Gasteiger partial charge in [-0.2, -0.15) is 0 Å². The Morgan fingerprint density at radius 3 is 1.87 bits per heavy atom. The van der Waals surface area contributed by atoms with Crippen molar-refractivity contribution in [2.24, 2.45) is 5.73 Å². The van der Waals surface area contributed by atoms with E-state index < -0.39 is 17.7 Å². The van der Waals surface area contributed by atoms with Crippen molar-refractivity contribution in [2.45, 2.75) is 32.8 Å². The maximum absolute atomic E-state index is 10.0. The molecule has 0 atom stereocenters. The van der Waals surface area contributed by atoms with E-state index >= 15 is 0 Å². The molecule has 3 N–H and O–H groups in total. The number of rotatable bonds is 3. The molecule has 6 heteroatoms. The molecular weight excluding hydrogens is 202 g/mol. The molecule has 0 aliphatic carbocycles. The van der Waals surface area contributed by atoms with E-state index in [1.807, 2.05) is 0 Å². The third-order valence-electron chi connectivity index (χ3n) is 0.927. The first kappa shape index (κ1) is 16.1. The van der Waals surface area contributed by atoms with Crippen LogP contribution in [0.1, 0.15) is 27.2 Å². The maximum atomic E-state index is 10.0. The summed E-state index contributed by atoms with van der Waals surface area (Å²) in [6, 6.07) is 0. The highest BCUT2D eigenvalue weighted by Crippen LogP contribution is 2.04. The van der Waals surface area contributed by atoms with Crippen molar-refractivity contribution >= 4 is 12.1 Å². The Kier molecular flexibility index (Phi) is 8.66. The van der Waals surface area contributed by atoms with Crippen LogP contribution in [-0.4, -0.2) is 36.5 Å². The highest BCUT2D eigenvalue weighted by molar-refractivity contribution is 5.66. The molecule has 0 bridgehead atoms. The van der Waals surface area contributed by atoms with E-state index in [1.165, 1.54) is 7.11 Å². The van der Waals surface area contributed by atoms with Gasteiger partial charge >= 0.3 is 12.1 Å². The lowest BCUT2D eigenvalue weighted by Gasteiger charge is -2.16. The zero-order valence-electron chi connectivity index (χ0n) is 9.57. The van der Waals surface area contributed by atoms with Gasteiger partial charge in [-0.15, -0.1) is 0 Å². The first-order valence-corrected chi connectivity index (χ1v) is 4.38. The lowest BCUT2D eigenvalue weighted by atomic mass is 10.2. The predicted molar refractivity (Wildman–Crippen MR) is 54.6 cm³/mol. The van der Waals surface area contributed by atoms with Gasteiger partial charge in [0.05, 0.1) is 13.0 Å². The molecule has 0 unspecified atom stereocenters. The van der Waals surface area contributed by atoms with Crippen molar-refractivity contribution in [1.29, 1.82) is 0 Å². The van der Waals surface area contributed by atoms with E-state index in [-0.39, 0.29) is 6.42 Å². The second kappa shape index (κ2) is 8.05. The second-order valence-corrected chi connectivity index (χ2v) is 3.67. The van der Waals surface area contributed by atoms with Gasteiger partial charge in [0.1, 0.15) is 5.60 Å². The number of carbonyl (C=O) groups excluding carboxylic acids is 1. The van der Waals surface area contributed by atoms with Gasteiger partial charge < -0.3 is 20.3 Å². The minimum Gasteiger partial charge on any atom is -0.481 e. The average molecular weight is 221 g/mol. The zero-order chi connectivity index (χ0) is 12.5. The van der Waals surface area contributed by atoms with E-state index in [2.05, 4.69) is 9.47 Å². The maximum Gasteiger partial charge on any atom is 0.405 e. The van der Waals surface area contributed by atoms with Crippen LogP contribution in [0.15, 0.2) is 0 Å². The molecule has 0 spiro atoms. The molecule has 0 saturated heterocycles. The molecule has 1 amide bonds. The summed E-state index contributed by atoms with van der Waals surface area (Å²) < 4.78 is 9.05. The minimum absolute atomic E-state index is 0.0938. The largest absolute Gasteiger partial charge is 0.481 e. The predicted octanol–water partition coefficient (Wildman–Crippen LogP) is 0.988. The number of carboxylic acid groups (broad SMARTS) is 1. The number of hydrogen-bond acceptors (Lipinski definition) is 4. The van der Waals surface area contributed by atoms with Crippen LogP contribution in [0.3, 0.4) is 0 Å². The number of carboxylic acids is 1. The quantitative estimate of drug-likeness (QED) is 0.740. The second-order valence-electron chi connectivity index (χ2n) is 3.67. The summed E-state index contributed by atoms with van der Waals surface area (Å²) in [4.78, 5) is 19.7. The number of methoxy groups -OCH3 is 1. The molecule has 0 saturated carbocycles. The molecule has 0 rings (SSSR count). The van der Waals surface area contributed by atoms with E-state index in [1.54, 1.807) is 20.8 Å². The van der Waals surface area contributed by atoms with Crippen LogP contribution < -0.4 is 5.73 Å². The standard InChI is InChI=1S/C5H11NO2.C4H8O3/c1-5(2,3)8-4(6)7;1-7-3-2-4(5)6/h1-3H3,(H2,6,7);2-3H2,1H3,(H,5,6). The van der Waals surface area contributed by atoms with Gasteiger partial charge in [0.25, 0.3) is 0 Å². The first-order chi connectivity index (χ1) is 6.69. The van der Waals surface area contributed by atoms with E-state index in [0.29, 0.717) is 6.61 Å². The van der Waals surface area contributed by atoms with Crippen LogP contribution in [0.25, 0.3) is 0 Å². The summed E-state index contributed by atoms with van der Waals surface area (Å²) in [5.74, 6) is -0.818. The van der Waals surface area contributed by atoms with Crippen molar-refractivity contribution in [3.63, 3.8) is 0 Å². The molecule has 0 aliphatic heterocycles. The summed E-state index contributed by atoms with van der Waals surface area (Å²) in [6.07, 6.45) is -0.631. The van der Waals surface area contributed by atoms with Crippen molar-refractivity contribution in [1.82, 2.24) is 0 Å². The first-order valence-electron chi connectivity index (χ1n) is 4.38. The van der Waals surface area contributed by atoms with Gasteiger partial charge in [0, 0.05) is 7.11 Å². The molecule has 0 heterocycles. The summed E-state index contributed by atoms with van der Waals surface area (Å²) in [5.41, 5.74) is 4.26. The van der Waals surface area contributed by atoms with Gasteiger partial charge in [-0.1, -0.05) is 0 Å². The highest BCUT2D eigenvalue weighted by atomic mass is 16.6. The fraction of sp³-hybridized carbons (Fsp3) is 0.778.